The number of fused-ring (bicyclic) bond motifs is 1. The molecular weight excluding hydrogens is 453 g/mol. The van der Waals surface area contributed by atoms with Crippen LogP contribution in [0.1, 0.15) is 35.2 Å². The number of methoxy groups -OCH3 is 1. The standard InChI is InChI=1S/C25H30FN5O4/c1-3-20(32)31-11-4-5-16(10-12-31)29-24-22(26)19-15-27-25(33)21(19)23(30-24)28-17-6-8-18(9-7-17)35-14-13-34-2/h3,6-9,16H,1,4-5,10-15H2,2H3,(H,27,33)(H2,28,29,30). The minimum Gasteiger partial charge on any atom is -0.491 e. The Morgan fingerprint density at radius 1 is 1.26 bits per heavy atom. The van der Waals surface area contributed by atoms with Crippen LogP contribution in [0.2, 0.25) is 0 Å². The maximum absolute atomic E-state index is 15.3. The number of hydrogen-bond acceptors (Lipinski definition) is 7. The van der Waals surface area contributed by atoms with E-state index in [1.54, 1.807) is 36.3 Å². The van der Waals surface area contributed by atoms with Crippen molar-refractivity contribution >= 4 is 29.1 Å². The van der Waals surface area contributed by atoms with Crippen molar-refractivity contribution in [2.45, 2.75) is 31.8 Å². The molecule has 2 amide bonds. The van der Waals surface area contributed by atoms with E-state index in [1.165, 1.54) is 6.08 Å². The number of hydrogen-bond donors (Lipinski definition) is 3. The maximum Gasteiger partial charge on any atom is 0.255 e. The summed E-state index contributed by atoms with van der Waals surface area (Å²) in [6.07, 6.45) is 3.52. The van der Waals surface area contributed by atoms with E-state index in [0.717, 1.165) is 12.8 Å². The van der Waals surface area contributed by atoms with E-state index >= 15 is 4.39 Å². The van der Waals surface area contributed by atoms with E-state index in [-0.39, 0.29) is 47.2 Å². The van der Waals surface area contributed by atoms with Crippen LogP contribution in [0.25, 0.3) is 0 Å². The lowest BCUT2D eigenvalue weighted by Crippen LogP contribution is -2.31. The second kappa shape index (κ2) is 11.2. The van der Waals surface area contributed by atoms with Crippen molar-refractivity contribution in [3.63, 3.8) is 0 Å². The van der Waals surface area contributed by atoms with E-state index in [0.29, 0.717) is 44.2 Å². The maximum atomic E-state index is 15.3. The third-order valence-corrected chi connectivity index (χ3v) is 6.12. The SMILES string of the molecule is C=CC(=O)N1CCCC(Nc2nc(Nc3ccc(OCCOC)cc3)c3c(c2F)CNC3=O)CC1. The van der Waals surface area contributed by atoms with Crippen LogP contribution >= 0.6 is 0 Å². The van der Waals surface area contributed by atoms with Gasteiger partial charge in [-0.1, -0.05) is 6.58 Å². The average Bonchev–Trinajstić information content (AvgIpc) is 3.10. The van der Waals surface area contributed by atoms with Crippen LogP contribution in [0, 0.1) is 5.82 Å². The summed E-state index contributed by atoms with van der Waals surface area (Å²) in [5.41, 5.74) is 1.17. The normalized spacial score (nSPS) is 17.3. The molecule has 186 valence electrons. The number of pyridine rings is 1. The van der Waals surface area contributed by atoms with Crippen LogP contribution < -0.4 is 20.7 Å². The molecule has 1 atom stereocenters. The molecule has 2 aliphatic heterocycles. The largest absolute Gasteiger partial charge is 0.491 e. The third kappa shape index (κ3) is 5.71. The van der Waals surface area contributed by atoms with Gasteiger partial charge in [0.2, 0.25) is 5.91 Å². The number of rotatable bonds is 9. The third-order valence-electron chi connectivity index (χ3n) is 6.12. The van der Waals surface area contributed by atoms with Gasteiger partial charge in [-0.25, -0.2) is 9.37 Å². The Labute approximate surface area is 203 Å². The van der Waals surface area contributed by atoms with Crippen LogP contribution in [-0.4, -0.2) is 61.2 Å². The number of likely N-dealkylation sites (tertiary alicyclic amines) is 1. The molecule has 0 aliphatic carbocycles. The lowest BCUT2D eigenvalue weighted by Gasteiger charge is -2.21. The number of nitrogens with one attached hydrogen (secondary N) is 3. The number of carbonyl (C=O) groups is 2. The van der Waals surface area contributed by atoms with Gasteiger partial charge >= 0.3 is 0 Å². The highest BCUT2D eigenvalue weighted by Crippen LogP contribution is 2.32. The highest BCUT2D eigenvalue weighted by molar-refractivity contribution is 6.03. The second-order valence-electron chi connectivity index (χ2n) is 8.45. The highest BCUT2D eigenvalue weighted by atomic mass is 19.1. The number of anilines is 3. The van der Waals surface area contributed by atoms with Gasteiger partial charge < -0.3 is 30.3 Å². The van der Waals surface area contributed by atoms with E-state index in [9.17, 15) is 9.59 Å². The van der Waals surface area contributed by atoms with Gasteiger partial charge in [0.15, 0.2) is 11.6 Å². The quantitative estimate of drug-likeness (QED) is 0.372. The van der Waals surface area contributed by atoms with Crippen LogP contribution in [-0.2, 0) is 16.1 Å². The average molecular weight is 484 g/mol. The molecule has 3 heterocycles. The smallest absolute Gasteiger partial charge is 0.255 e. The van der Waals surface area contributed by atoms with Crippen LogP contribution in [0.3, 0.4) is 0 Å². The van der Waals surface area contributed by atoms with Crippen molar-refractivity contribution in [2.75, 3.05) is 44.0 Å². The minimum atomic E-state index is -0.533. The minimum absolute atomic E-state index is 0.0564. The van der Waals surface area contributed by atoms with Crippen LogP contribution in [0.5, 0.6) is 5.75 Å². The van der Waals surface area contributed by atoms with Crippen LogP contribution in [0.4, 0.5) is 21.7 Å². The summed E-state index contributed by atoms with van der Waals surface area (Å²) in [7, 11) is 1.61. The number of aromatic nitrogens is 1. The molecule has 0 radical (unpaired) electrons. The first-order chi connectivity index (χ1) is 17.0. The first-order valence-corrected chi connectivity index (χ1v) is 11.7. The van der Waals surface area contributed by atoms with Gasteiger partial charge in [-0.15, -0.1) is 0 Å². The predicted molar refractivity (Wildman–Crippen MR) is 130 cm³/mol. The number of nitrogens with zero attached hydrogens (tertiary/aromatic N) is 2. The molecule has 1 aromatic carbocycles. The Morgan fingerprint density at radius 3 is 2.80 bits per heavy atom. The number of amides is 2. The Hall–Kier alpha value is -3.66. The summed E-state index contributed by atoms with van der Waals surface area (Å²) in [4.78, 5) is 30.6. The first kappa shape index (κ1) is 24.5. The molecule has 35 heavy (non-hydrogen) atoms. The summed E-state index contributed by atoms with van der Waals surface area (Å²) in [5, 5.41) is 9.05. The number of carbonyl (C=O) groups excluding carboxylic acids is 2. The van der Waals surface area contributed by atoms with Gasteiger partial charge in [-0.2, -0.15) is 0 Å². The molecule has 1 fully saturated rings. The summed E-state index contributed by atoms with van der Waals surface area (Å²) in [5.74, 6) is 0.0582. The van der Waals surface area contributed by atoms with Crippen molar-refractivity contribution in [1.29, 1.82) is 0 Å². The molecule has 0 spiro atoms. The zero-order valence-electron chi connectivity index (χ0n) is 19.7. The van der Waals surface area contributed by atoms with Gasteiger partial charge in [0.1, 0.15) is 18.2 Å². The molecule has 2 aliphatic rings. The van der Waals surface area contributed by atoms with Gasteiger partial charge in [0.05, 0.1) is 12.2 Å². The lowest BCUT2D eigenvalue weighted by atomic mass is 10.1. The summed E-state index contributed by atoms with van der Waals surface area (Å²) < 4.78 is 25.9. The molecule has 9 nitrogen and oxygen atoms in total. The molecule has 0 bridgehead atoms. The van der Waals surface area contributed by atoms with Crippen molar-refractivity contribution in [1.82, 2.24) is 15.2 Å². The Balaban J connectivity index is 1.53. The monoisotopic (exact) mass is 483 g/mol. The Bertz CT molecular complexity index is 1090. The van der Waals surface area contributed by atoms with E-state index in [1.807, 2.05) is 0 Å². The van der Waals surface area contributed by atoms with Crippen molar-refractivity contribution in [3.8, 4) is 5.75 Å². The van der Waals surface area contributed by atoms with Gasteiger partial charge in [0, 0.05) is 44.0 Å². The molecule has 1 aromatic heterocycles. The molecule has 10 heteroatoms. The van der Waals surface area contributed by atoms with Gasteiger partial charge in [0.25, 0.3) is 5.91 Å². The number of halogens is 1. The molecular formula is C25H30FN5O4. The molecule has 1 saturated heterocycles. The van der Waals surface area contributed by atoms with Crippen molar-refractivity contribution in [2.24, 2.45) is 0 Å². The summed E-state index contributed by atoms with van der Waals surface area (Å²) in [6.45, 7) is 5.77. The van der Waals surface area contributed by atoms with Gasteiger partial charge in [-0.3, -0.25) is 9.59 Å². The fraction of sp³-hybridized carbons (Fsp3) is 0.400. The van der Waals surface area contributed by atoms with Crippen LogP contribution in [0.15, 0.2) is 36.9 Å². The highest BCUT2D eigenvalue weighted by Gasteiger charge is 2.31. The topological polar surface area (TPSA) is 105 Å². The zero-order chi connectivity index (χ0) is 24.8. The lowest BCUT2D eigenvalue weighted by molar-refractivity contribution is -0.125. The van der Waals surface area contributed by atoms with E-state index in [2.05, 4.69) is 27.5 Å². The fourth-order valence-corrected chi connectivity index (χ4v) is 4.26. The summed E-state index contributed by atoms with van der Waals surface area (Å²) >= 11 is 0. The van der Waals surface area contributed by atoms with Crippen molar-refractivity contribution < 1.29 is 23.5 Å². The van der Waals surface area contributed by atoms with Crippen molar-refractivity contribution in [3.05, 3.63) is 53.9 Å². The molecule has 1 unspecified atom stereocenters. The van der Waals surface area contributed by atoms with E-state index in [4.69, 9.17) is 9.47 Å². The van der Waals surface area contributed by atoms with E-state index < -0.39 is 5.82 Å². The molecule has 4 rings (SSSR count). The predicted octanol–water partition coefficient (Wildman–Crippen LogP) is 3.21. The summed E-state index contributed by atoms with van der Waals surface area (Å²) in [6, 6.07) is 7.14. The number of benzene rings is 1. The first-order valence-electron chi connectivity index (χ1n) is 11.7. The second-order valence-corrected chi connectivity index (χ2v) is 8.45. The number of ether oxygens (including phenoxy) is 2. The fourth-order valence-electron chi connectivity index (χ4n) is 4.26. The zero-order valence-corrected chi connectivity index (χ0v) is 19.7. The molecule has 3 N–H and O–H groups in total. The van der Waals surface area contributed by atoms with Gasteiger partial charge in [-0.05, 0) is 49.6 Å². The molecule has 0 saturated carbocycles. The Kier molecular flexibility index (Phi) is 7.81. The Morgan fingerprint density at radius 2 is 2.06 bits per heavy atom. The molecule has 2 aromatic rings.